The zero-order chi connectivity index (χ0) is 17.4. The van der Waals surface area contributed by atoms with E-state index in [-0.39, 0.29) is 13.2 Å². The molecular formula is C18H20N2O4. The van der Waals surface area contributed by atoms with E-state index >= 15 is 0 Å². The van der Waals surface area contributed by atoms with Crippen molar-refractivity contribution in [3.63, 3.8) is 0 Å². The number of benzene rings is 2. The first-order valence-electron chi connectivity index (χ1n) is 7.73. The molecule has 6 nitrogen and oxygen atoms in total. The lowest BCUT2D eigenvalue weighted by Gasteiger charge is -2.31. The van der Waals surface area contributed by atoms with Crippen molar-refractivity contribution in [3.8, 4) is 0 Å². The van der Waals surface area contributed by atoms with Crippen LogP contribution in [0.2, 0.25) is 0 Å². The van der Waals surface area contributed by atoms with Crippen LogP contribution >= 0.6 is 0 Å². The molecule has 2 amide bonds. The number of rotatable bonds is 6. The molecule has 0 aliphatic carbocycles. The molecule has 24 heavy (non-hydrogen) atoms. The van der Waals surface area contributed by atoms with E-state index in [1.807, 2.05) is 0 Å². The molecule has 0 aliphatic rings. The van der Waals surface area contributed by atoms with Gasteiger partial charge in [0.2, 0.25) is 0 Å². The van der Waals surface area contributed by atoms with Crippen LogP contribution in [0.25, 0.3) is 0 Å². The molecule has 0 fully saturated rings. The van der Waals surface area contributed by atoms with Crippen LogP contribution in [0.1, 0.15) is 34.6 Å². The molecule has 0 aromatic heterocycles. The van der Waals surface area contributed by atoms with E-state index in [9.17, 15) is 9.59 Å². The zero-order valence-corrected chi connectivity index (χ0v) is 13.7. The fraction of sp³-hybridized carbons (Fsp3) is 0.222. The van der Waals surface area contributed by atoms with Gasteiger partial charge in [0, 0.05) is 11.1 Å². The highest BCUT2D eigenvalue weighted by molar-refractivity contribution is 5.98. The van der Waals surface area contributed by atoms with Crippen LogP contribution in [-0.2, 0) is 9.68 Å². The Hall–Kier alpha value is -2.70. The molecule has 6 heteroatoms. The van der Waals surface area contributed by atoms with Crippen molar-refractivity contribution in [2.45, 2.75) is 13.8 Å². The van der Waals surface area contributed by atoms with Gasteiger partial charge < -0.3 is 0 Å². The number of hydroxylamine groups is 2. The first kappa shape index (κ1) is 17.7. The molecule has 0 N–H and O–H groups in total. The van der Waals surface area contributed by atoms with Gasteiger partial charge in [-0.15, -0.1) is 0 Å². The van der Waals surface area contributed by atoms with Crippen molar-refractivity contribution in [1.29, 1.82) is 0 Å². The highest BCUT2D eigenvalue weighted by Gasteiger charge is 2.30. The summed E-state index contributed by atoms with van der Waals surface area (Å²) in [5, 5.41) is 1.71. The van der Waals surface area contributed by atoms with Gasteiger partial charge in [-0.05, 0) is 38.1 Å². The van der Waals surface area contributed by atoms with Crippen molar-refractivity contribution in [3.05, 3.63) is 71.8 Å². The van der Waals surface area contributed by atoms with Crippen LogP contribution in [0, 0.1) is 0 Å². The number of carbonyl (C=O) groups excluding carboxylic acids is 2. The highest BCUT2D eigenvalue weighted by Crippen LogP contribution is 2.14. The Morgan fingerprint density at radius 3 is 1.33 bits per heavy atom. The van der Waals surface area contributed by atoms with Gasteiger partial charge in [0.15, 0.2) is 0 Å². The quantitative estimate of drug-likeness (QED) is 0.765. The first-order chi connectivity index (χ1) is 11.7. The molecule has 0 unspecified atom stereocenters. The molecule has 2 rings (SSSR count). The second-order valence-electron chi connectivity index (χ2n) is 4.72. The fourth-order valence-electron chi connectivity index (χ4n) is 2.01. The summed E-state index contributed by atoms with van der Waals surface area (Å²) in [5.74, 6) is -0.981. The standard InChI is InChI=1S/C18H20N2O4/c1-3-23-19(17(21)15-11-7-5-8-12-15)20(24-4-2)18(22)16-13-9-6-10-14-16/h5-14H,3-4H2,1-2H3. The van der Waals surface area contributed by atoms with Gasteiger partial charge in [-0.3, -0.25) is 9.59 Å². The monoisotopic (exact) mass is 328 g/mol. The van der Waals surface area contributed by atoms with Gasteiger partial charge in [0.25, 0.3) is 11.8 Å². The van der Waals surface area contributed by atoms with Crippen molar-refractivity contribution in [2.75, 3.05) is 13.2 Å². The average molecular weight is 328 g/mol. The largest absolute Gasteiger partial charge is 0.299 e. The van der Waals surface area contributed by atoms with E-state index in [2.05, 4.69) is 0 Å². The third kappa shape index (κ3) is 4.18. The molecule has 0 heterocycles. The lowest BCUT2D eigenvalue weighted by molar-refractivity contribution is -0.341. The number of hydrogen-bond acceptors (Lipinski definition) is 4. The Morgan fingerprint density at radius 1 is 0.708 bits per heavy atom. The van der Waals surface area contributed by atoms with Gasteiger partial charge in [-0.1, -0.05) is 46.7 Å². The molecule has 0 bridgehead atoms. The average Bonchev–Trinajstić information content (AvgIpc) is 2.65. The van der Waals surface area contributed by atoms with Gasteiger partial charge in [-0.25, -0.2) is 9.68 Å². The molecule has 2 aromatic rings. The summed E-state index contributed by atoms with van der Waals surface area (Å²) in [6, 6.07) is 17.1. The summed E-state index contributed by atoms with van der Waals surface area (Å²) < 4.78 is 0. The second-order valence-corrected chi connectivity index (χ2v) is 4.72. The minimum absolute atomic E-state index is 0.199. The van der Waals surface area contributed by atoms with Gasteiger partial charge in [0.1, 0.15) is 0 Å². The van der Waals surface area contributed by atoms with Crippen LogP contribution in [0.15, 0.2) is 60.7 Å². The normalized spacial score (nSPS) is 10.2. The maximum Gasteiger partial charge on any atom is 0.299 e. The van der Waals surface area contributed by atoms with Gasteiger partial charge in [-0.2, -0.15) is 0 Å². The van der Waals surface area contributed by atoms with E-state index in [0.29, 0.717) is 11.1 Å². The third-order valence-electron chi connectivity index (χ3n) is 3.06. The van der Waals surface area contributed by atoms with Crippen LogP contribution in [0.4, 0.5) is 0 Å². The number of hydrogen-bond donors (Lipinski definition) is 0. The van der Waals surface area contributed by atoms with E-state index < -0.39 is 11.8 Å². The molecule has 0 radical (unpaired) electrons. The maximum atomic E-state index is 12.7. The third-order valence-corrected chi connectivity index (χ3v) is 3.06. The Morgan fingerprint density at radius 2 is 1.04 bits per heavy atom. The summed E-state index contributed by atoms with van der Waals surface area (Å²) in [6.45, 7) is 3.85. The Labute approximate surface area is 141 Å². The van der Waals surface area contributed by atoms with E-state index in [0.717, 1.165) is 10.3 Å². The Bertz CT molecular complexity index is 602. The maximum absolute atomic E-state index is 12.7. The van der Waals surface area contributed by atoms with Crippen molar-refractivity contribution in [1.82, 2.24) is 10.3 Å². The topological polar surface area (TPSA) is 59.1 Å². The van der Waals surface area contributed by atoms with Crippen LogP contribution in [0.3, 0.4) is 0 Å². The van der Waals surface area contributed by atoms with E-state index in [4.69, 9.17) is 9.68 Å². The minimum atomic E-state index is -0.491. The van der Waals surface area contributed by atoms with Crippen LogP contribution in [-0.4, -0.2) is 35.4 Å². The molecule has 0 aliphatic heterocycles. The molecule has 0 saturated carbocycles. The summed E-state index contributed by atoms with van der Waals surface area (Å²) in [6.07, 6.45) is 0. The smallest absolute Gasteiger partial charge is 0.265 e. The van der Waals surface area contributed by atoms with Gasteiger partial charge >= 0.3 is 0 Å². The number of hydrazine groups is 1. The van der Waals surface area contributed by atoms with Crippen molar-refractivity contribution < 1.29 is 19.3 Å². The minimum Gasteiger partial charge on any atom is -0.265 e. The summed E-state index contributed by atoms with van der Waals surface area (Å²) >= 11 is 0. The lowest BCUT2D eigenvalue weighted by Crippen LogP contribution is -2.49. The molecular weight excluding hydrogens is 308 g/mol. The fourth-order valence-corrected chi connectivity index (χ4v) is 2.01. The summed E-state index contributed by atoms with van der Waals surface area (Å²) in [5.41, 5.74) is 0.771. The molecule has 0 saturated heterocycles. The van der Waals surface area contributed by atoms with E-state index in [1.54, 1.807) is 74.5 Å². The summed E-state index contributed by atoms with van der Waals surface area (Å²) in [4.78, 5) is 36.2. The number of amides is 2. The molecule has 0 atom stereocenters. The summed E-state index contributed by atoms with van der Waals surface area (Å²) in [7, 11) is 0. The van der Waals surface area contributed by atoms with Crippen LogP contribution in [0.5, 0.6) is 0 Å². The molecule has 2 aromatic carbocycles. The van der Waals surface area contributed by atoms with E-state index in [1.165, 1.54) is 0 Å². The van der Waals surface area contributed by atoms with Crippen LogP contribution < -0.4 is 0 Å². The SMILES string of the molecule is CCON(C(=O)c1ccccc1)N(OCC)C(=O)c1ccccc1. The number of nitrogens with zero attached hydrogens (tertiary/aromatic N) is 2. The van der Waals surface area contributed by atoms with Gasteiger partial charge in [0.05, 0.1) is 13.2 Å². The predicted octanol–water partition coefficient (Wildman–Crippen LogP) is 3.09. The lowest BCUT2D eigenvalue weighted by atomic mass is 10.2. The molecule has 126 valence electrons. The molecule has 0 spiro atoms. The van der Waals surface area contributed by atoms with Crippen molar-refractivity contribution >= 4 is 11.8 Å². The Balaban J connectivity index is 2.33. The Kier molecular flexibility index (Phi) is 6.48. The number of carbonyl (C=O) groups is 2. The predicted molar refractivity (Wildman–Crippen MR) is 88.5 cm³/mol. The van der Waals surface area contributed by atoms with Crippen molar-refractivity contribution in [2.24, 2.45) is 0 Å². The second kappa shape index (κ2) is 8.81. The zero-order valence-electron chi connectivity index (χ0n) is 13.7. The highest BCUT2D eigenvalue weighted by atomic mass is 16.8. The first-order valence-corrected chi connectivity index (χ1v) is 7.73.